The Hall–Kier alpha value is -1.53. The molecule has 0 spiro atoms. The van der Waals surface area contributed by atoms with Crippen LogP contribution in [0.3, 0.4) is 0 Å². The van der Waals surface area contributed by atoms with E-state index in [4.69, 9.17) is 4.42 Å². The van der Waals surface area contributed by atoms with Crippen LogP contribution in [0.25, 0.3) is 0 Å². The van der Waals surface area contributed by atoms with Gasteiger partial charge in [-0.1, -0.05) is 24.2 Å². The number of rotatable bonds is 7. The van der Waals surface area contributed by atoms with Crippen LogP contribution < -0.4 is 10.6 Å². The molecule has 0 saturated heterocycles. The van der Waals surface area contributed by atoms with Crippen LogP contribution in [0.4, 0.5) is 11.7 Å². The molecule has 0 aliphatic carbocycles. The maximum Gasteiger partial charge on any atom is 0.320 e. The second kappa shape index (κ2) is 7.16. The van der Waals surface area contributed by atoms with Crippen LogP contribution in [0.15, 0.2) is 33.6 Å². The smallest absolute Gasteiger partial charge is 0.320 e. The number of hydrogen-bond donors (Lipinski definition) is 2. The van der Waals surface area contributed by atoms with E-state index in [9.17, 15) is 0 Å². The molecule has 2 aromatic rings. The topological polar surface area (TPSA) is 63.0 Å². The highest BCUT2D eigenvalue weighted by atomic mass is 32.2. The van der Waals surface area contributed by atoms with Crippen molar-refractivity contribution in [1.29, 1.82) is 0 Å². The fourth-order valence-corrected chi connectivity index (χ4v) is 2.16. The third-order valence-electron chi connectivity index (χ3n) is 2.52. The molecule has 19 heavy (non-hydrogen) atoms. The standard InChI is InChI=1S/C13H18N4OS/c1-3-8-14-9-12-16-17-13(18-12)15-10-6-4-5-7-11(10)19-2/h4-7,14H,3,8-9H2,1-2H3,(H,15,17). The van der Waals surface area contributed by atoms with Gasteiger partial charge >= 0.3 is 6.01 Å². The third kappa shape index (κ3) is 3.97. The molecule has 0 unspecified atom stereocenters. The zero-order chi connectivity index (χ0) is 13.5. The van der Waals surface area contributed by atoms with E-state index in [0.29, 0.717) is 18.5 Å². The molecule has 0 fully saturated rings. The highest BCUT2D eigenvalue weighted by Gasteiger charge is 2.07. The van der Waals surface area contributed by atoms with Gasteiger partial charge in [0.05, 0.1) is 12.2 Å². The van der Waals surface area contributed by atoms with Crippen molar-refractivity contribution in [2.75, 3.05) is 18.1 Å². The predicted molar refractivity (Wildman–Crippen MR) is 77.8 cm³/mol. The first-order valence-electron chi connectivity index (χ1n) is 6.26. The summed E-state index contributed by atoms with van der Waals surface area (Å²) in [5, 5.41) is 14.3. The molecule has 6 heteroatoms. The Morgan fingerprint density at radius 1 is 1.26 bits per heavy atom. The summed E-state index contributed by atoms with van der Waals surface area (Å²) in [6.07, 6.45) is 3.12. The molecule has 0 atom stereocenters. The van der Waals surface area contributed by atoms with Crippen LogP contribution in [-0.4, -0.2) is 23.0 Å². The summed E-state index contributed by atoms with van der Waals surface area (Å²) in [4.78, 5) is 1.14. The van der Waals surface area contributed by atoms with Crippen molar-refractivity contribution in [3.63, 3.8) is 0 Å². The number of benzene rings is 1. The van der Waals surface area contributed by atoms with Crippen molar-refractivity contribution in [3.05, 3.63) is 30.2 Å². The van der Waals surface area contributed by atoms with Gasteiger partial charge in [-0.15, -0.1) is 16.9 Å². The Morgan fingerprint density at radius 2 is 2.11 bits per heavy atom. The highest BCUT2D eigenvalue weighted by Crippen LogP contribution is 2.27. The van der Waals surface area contributed by atoms with Gasteiger partial charge in [0, 0.05) is 4.90 Å². The Balaban J connectivity index is 1.99. The van der Waals surface area contributed by atoms with Gasteiger partial charge in [0.25, 0.3) is 0 Å². The predicted octanol–water partition coefficient (Wildman–Crippen LogP) is 3.03. The quantitative estimate of drug-likeness (QED) is 0.599. The molecule has 5 nitrogen and oxygen atoms in total. The first-order chi connectivity index (χ1) is 9.33. The van der Waals surface area contributed by atoms with Crippen molar-refractivity contribution < 1.29 is 4.42 Å². The summed E-state index contributed by atoms with van der Waals surface area (Å²) in [5.41, 5.74) is 0.978. The van der Waals surface area contributed by atoms with Crippen LogP contribution in [0.1, 0.15) is 19.2 Å². The fraction of sp³-hybridized carbons (Fsp3) is 0.385. The summed E-state index contributed by atoms with van der Waals surface area (Å²) >= 11 is 1.67. The highest BCUT2D eigenvalue weighted by molar-refractivity contribution is 7.98. The lowest BCUT2D eigenvalue weighted by molar-refractivity contribution is 0.479. The summed E-state index contributed by atoms with van der Waals surface area (Å²) in [6.45, 7) is 3.67. The summed E-state index contributed by atoms with van der Waals surface area (Å²) < 4.78 is 5.53. The Morgan fingerprint density at radius 3 is 2.89 bits per heavy atom. The number of nitrogens with zero attached hydrogens (tertiary/aromatic N) is 2. The van der Waals surface area contributed by atoms with Gasteiger partial charge in [-0.2, -0.15) is 0 Å². The lowest BCUT2D eigenvalue weighted by Gasteiger charge is -2.05. The molecule has 2 N–H and O–H groups in total. The van der Waals surface area contributed by atoms with Crippen LogP contribution in [-0.2, 0) is 6.54 Å². The van der Waals surface area contributed by atoms with Gasteiger partial charge in [0.1, 0.15) is 0 Å². The Labute approximate surface area is 117 Å². The van der Waals surface area contributed by atoms with Crippen molar-refractivity contribution in [2.45, 2.75) is 24.8 Å². The molecule has 102 valence electrons. The molecule has 0 bridgehead atoms. The van der Waals surface area contributed by atoms with E-state index in [1.807, 2.05) is 30.5 Å². The molecule has 0 radical (unpaired) electrons. The monoisotopic (exact) mass is 278 g/mol. The van der Waals surface area contributed by atoms with E-state index in [1.54, 1.807) is 11.8 Å². The van der Waals surface area contributed by atoms with Crippen LogP contribution in [0.2, 0.25) is 0 Å². The summed E-state index contributed by atoms with van der Waals surface area (Å²) in [5.74, 6) is 0.595. The van der Waals surface area contributed by atoms with Gasteiger partial charge in [0.15, 0.2) is 0 Å². The zero-order valence-electron chi connectivity index (χ0n) is 11.1. The first kappa shape index (κ1) is 13.9. The molecule has 0 saturated carbocycles. The average molecular weight is 278 g/mol. The van der Waals surface area contributed by atoms with Crippen molar-refractivity contribution in [1.82, 2.24) is 15.5 Å². The van der Waals surface area contributed by atoms with Gasteiger partial charge in [-0.25, -0.2) is 0 Å². The Bertz CT molecular complexity index is 515. The molecule has 2 rings (SSSR count). The number of nitrogens with one attached hydrogen (secondary N) is 2. The minimum Gasteiger partial charge on any atom is -0.406 e. The maximum absolute atomic E-state index is 5.53. The second-order valence-corrected chi connectivity index (χ2v) is 4.85. The maximum atomic E-state index is 5.53. The van der Waals surface area contributed by atoms with Gasteiger partial charge in [-0.05, 0) is 31.4 Å². The molecule has 0 amide bonds. The van der Waals surface area contributed by atoms with Crippen LogP contribution in [0.5, 0.6) is 0 Å². The van der Waals surface area contributed by atoms with E-state index in [0.717, 1.165) is 23.5 Å². The largest absolute Gasteiger partial charge is 0.406 e. The number of para-hydroxylation sites is 1. The third-order valence-corrected chi connectivity index (χ3v) is 3.31. The van der Waals surface area contributed by atoms with Crippen molar-refractivity contribution in [3.8, 4) is 0 Å². The Kier molecular flexibility index (Phi) is 5.23. The van der Waals surface area contributed by atoms with E-state index in [2.05, 4.69) is 27.8 Å². The minimum atomic E-state index is 0.426. The van der Waals surface area contributed by atoms with E-state index < -0.39 is 0 Å². The van der Waals surface area contributed by atoms with Crippen molar-refractivity contribution >= 4 is 23.5 Å². The average Bonchev–Trinajstić information content (AvgIpc) is 2.87. The molecular weight excluding hydrogens is 260 g/mol. The summed E-state index contributed by atoms with van der Waals surface area (Å²) in [7, 11) is 0. The molecule has 0 aliphatic rings. The van der Waals surface area contributed by atoms with Crippen LogP contribution >= 0.6 is 11.8 Å². The van der Waals surface area contributed by atoms with Gasteiger partial charge < -0.3 is 15.1 Å². The molecule has 0 aliphatic heterocycles. The zero-order valence-corrected chi connectivity index (χ0v) is 12.0. The molecular formula is C13H18N4OS. The van der Waals surface area contributed by atoms with Gasteiger partial charge in [0.2, 0.25) is 5.89 Å². The SMILES string of the molecule is CCCNCc1nnc(Nc2ccccc2SC)o1. The number of thioether (sulfide) groups is 1. The summed E-state index contributed by atoms with van der Waals surface area (Å²) in [6, 6.07) is 8.44. The van der Waals surface area contributed by atoms with Crippen molar-refractivity contribution in [2.24, 2.45) is 0 Å². The number of anilines is 2. The lowest BCUT2D eigenvalue weighted by atomic mass is 10.3. The van der Waals surface area contributed by atoms with Crippen LogP contribution in [0, 0.1) is 0 Å². The molecule has 1 heterocycles. The first-order valence-corrected chi connectivity index (χ1v) is 7.49. The lowest BCUT2D eigenvalue weighted by Crippen LogP contribution is -2.13. The molecule has 1 aromatic heterocycles. The number of hydrogen-bond acceptors (Lipinski definition) is 6. The molecule has 1 aromatic carbocycles. The fourth-order valence-electron chi connectivity index (χ4n) is 1.61. The minimum absolute atomic E-state index is 0.426. The van der Waals surface area contributed by atoms with Gasteiger partial charge in [-0.3, -0.25) is 0 Å². The number of aromatic nitrogens is 2. The normalized spacial score (nSPS) is 10.6. The second-order valence-electron chi connectivity index (χ2n) is 4.00. The van der Waals surface area contributed by atoms with E-state index in [-0.39, 0.29) is 0 Å². The van der Waals surface area contributed by atoms with E-state index >= 15 is 0 Å². The van der Waals surface area contributed by atoms with E-state index in [1.165, 1.54) is 0 Å².